The van der Waals surface area contributed by atoms with Crippen molar-refractivity contribution in [3.63, 3.8) is 0 Å². The average molecular weight is 501 g/mol. The first-order chi connectivity index (χ1) is 16.9. The lowest BCUT2D eigenvalue weighted by Gasteiger charge is -2.25. The topological polar surface area (TPSA) is 51.7 Å². The summed E-state index contributed by atoms with van der Waals surface area (Å²) in [5.74, 6) is 1.10. The third-order valence-corrected chi connectivity index (χ3v) is 5.89. The molecule has 3 aromatic rings. The van der Waals surface area contributed by atoms with Crippen molar-refractivity contribution in [2.24, 2.45) is 0 Å². The van der Waals surface area contributed by atoms with Crippen molar-refractivity contribution in [2.75, 3.05) is 11.4 Å². The van der Waals surface area contributed by atoms with Crippen LogP contribution in [-0.4, -0.2) is 29.3 Å². The molecule has 0 radical (unpaired) electrons. The van der Waals surface area contributed by atoms with E-state index in [1.165, 1.54) is 19.1 Å². The van der Waals surface area contributed by atoms with Gasteiger partial charge in [0.05, 0.1) is 0 Å². The molecule has 0 spiro atoms. The lowest BCUT2D eigenvalue weighted by Crippen LogP contribution is -2.36. The van der Waals surface area contributed by atoms with E-state index in [-0.39, 0.29) is 11.5 Å². The molecule has 36 heavy (non-hydrogen) atoms. The molecule has 0 aliphatic rings. The highest BCUT2D eigenvalue weighted by Crippen LogP contribution is 2.25. The molecule has 0 unspecified atom stereocenters. The number of ketones is 1. The summed E-state index contributed by atoms with van der Waals surface area (Å²) in [6.07, 6.45) is -1.29. The van der Waals surface area contributed by atoms with Gasteiger partial charge in [0.1, 0.15) is 17.3 Å². The van der Waals surface area contributed by atoms with Gasteiger partial charge >= 0.3 is 6.36 Å². The van der Waals surface area contributed by atoms with Gasteiger partial charge in [0.15, 0.2) is 11.4 Å². The molecular weight excluding hydrogens is 469 g/mol. The van der Waals surface area contributed by atoms with Gasteiger partial charge in [-0.15, -0.1) is 13.2 Å². The Hall–Kier alpha value is -3.55. The van der Waals surface area contributed by atoms with E-state index in [0.29, 0.717) is 25.3 Å². The number of aromatic nitrogens is 1. The molecule has 1 heterocycles. The molecule has 192 valence electrons. The minimum atomic E-state index is -4.72. The van der Waals surface area contributed by atoms with Crippen LogP contribution in [0.5, 0.6) is 11.5 Å². The van der Waals surface area contributed by atoms with Crippen LogP contribution in [0.3, 0.4) is 0 Å². The molecule has 0 aliphatic carbocycles. The van der Waals surface area contributed by atoms with Crippen LogP contribution in [-0.2, 0) is 24.2 Å². The number of Topliss-reactive ketones (excluding diaryl/α,β-unsaturated/α-hetero) is 1. The number of carbonyl (C=O) groups excluding carboxylic acids is 1. The van der Waals surface area contributed by atoms with Crippen molar-refractivity contribution in [3.05, 3.63) is 83.6 Å². The Kier molecular flexibility index (Phi) is 8.61. The largest absolute Gasteiger partial charge is 0.573 e. The van der Waals surface area contributed by atoms with Crippen LogP contribution >= 0.6 is 0 Å². The van der Waals surface area contributed by atoms with Crippen LogP contribution in [0.15, 0.2) is 66.9 Å². The molecule has 0 saturated heterocycles. The highest BCUT2D eigenvalue weighted by Gasteiger charge is 2.31. The molecular formula is C28H31F3N2O3. The second kappa shape index (κ2) is 11.5. The van der Waals surface area contributed by atoms with E-state index in [9.17, 15) is 18.0 Å². The standard InChI is InChI=1S/C28H31F3N2O3/c1-5-21-10-15-26(32-18-21)33(19-23-8-13-25(14-9-23)36-28(29,30)31)17-16-22-6-11-24(12-7-22)35-27(3,4)20(2)34/h6-15,18H,5,16-17,19H2,1-4H3. The van der Waals surface area contributed by atoms with Crippen molar-refractivity contribution < 1.29 is 27.4 Å². The van der Waals surface area contributed by atoms with E-state index in [1.54, 1.807) is 26.0 Å². The van der Waals surface area contributed by atoms with E-state index in [0.717, 1.165) is 28.9 Å². The normalized spacial score (nSPS) is 11.8. The van der Waals surface area contributed by atoms with Crippen LogP contribution in [0.1, 0.15) is 44.4 Å². The number of halogens is 3. The van der Waals surface area contributed by atoms with Gasteiger partial charge in [0, 0.05) is 19.3 Å². The van der Waals surface area contributed by atoms with Gasteiger partial charge in [-0.2, -0.15) is 0 Å². The number of hydrogen-bond acceptors (Lipinski definition) is 5. The number of aryl methyl sites for hydroxylation is 1. The summed E-state index contributed by atoms with van der Waals surface area (Å²) >= 11 is 0. The number of alkyl halides is 3. The number of carbonyl (C=O) groups is 1. The van der Waals surface area contributed by atoms with Crippen LogP contribution in [0.2, 0.25) is 0 Å². The number of rotatable bonds is 11. The zero-order chi connectivity index (χ0) is 26.3. The third kappa shape index (κ3) is 8.00. The van der Waals surface area contributed by atoms with E-state index < -0.39 is 12.0 Å². The maximum Gasteiger partial charge on any atom is 0.573 e. The maximum atomic E-state index is 12.5. The molecule has 8 heteroatoms. The van der Waals surface area contributed by atoms with Gasteiger partial charge in [-0.1, -0.05) is 37.3 Å². The number of hydrogen-bond donors (Lipinski definition) is 0. The Morgan fingerprint density at radius 3 is 1.92 bits per heavy atom. The molecule has 5 nitrogen and oxygen atoms in total. The lowest BCUT2D eigenvalue weighted by atomic mass is 10.1. The molecule has 0 aliphatic heterocycles. The Morgan fingerprint density at radius 1 is 0.861 bits per heavy atom. The SMILES string of the molecule is CCc1ccc(N(CCc2ccc(OC(C)(C)C(C)=O)cc2)Cc2ccc(OC(F)(F)F)cc2)nc1. The fourth-order valence-electron chi connectivity index (χ4n) is 3.46. The second-order valence-corrected chi connectivity index (χ2v) is 9.05. The number of ether oxygens (including phenoxy) is 2. The Bertz CT molecular complexity index is 1130. The Morgan fingerprint density at radius 2 is 1.42 bits per heavy atom. The molecule has 0 atom stereocenters. The molecule has 2 aromatic carbocycles. The van der Waals surface area contributed by atoms with Crippen molar-refractivity contribution in [3.8, 4) is 11.5 Å². The molecule has 3 rings (SSSR count). The predicted octanol–water partition coefficient (Wildman–Crippen LogP) is 6.54. The minimum absolute atomic E-state index is 0.0539. The smallest absolute Gasteiger partial charge is 0.480 e. The van der Waals surface area contributed by atoms with Gasteiger partial charge in [0.2, 0.25) is 0 Å². The summed E-state index contributed by atoms with van der Waals surface area (Å²) in [7, 11) is 0. The molecule has 0 amide bonds. The van der Waals surface area contributed by atoms with Gasteiger partial charge in [-0.3, -0.25) is 4.79 Å². The average Bonchev–Trinajstić information content (AvgIpc) is 2.82. The Labute approximate surface area is 209 Å². The van der Waals surface area contributed by atoms with Gasteiger partial charge < -0.3 is 14.4 Å². The summed E-state index contributed by atoms with van der Waals surface area (Å²) in [6.45, 7) is 8.14. The summed E-state index contributed by atoms with van der Waals surface area (Å²) in [4.78, 5) is 18.4. The van der Waals surface area contributed by atoms with Crippen LogP contribution in [0.4, 0.5) is 19.0 Å². The summed E-state index contributed by atoms with van der Waals surface area (Å²) in [5.41, 5.74) is 2.14. The molecule has 0 N–H and O–H groups in total. The molecule has 0 bridgehead atoms. The zero-order valence-corrected chi connectivity index (χ0v) is 20.9. The fourth-order valence-corrected chi connectivity index (χ4v) is 3.46. The van der Waals surface area contributed by atoms with Gasteiger partial charge in [-0.25, -0.2) is 4.98 Å². The zero-order valence-electron chi connectivity index (χ0n) is 20.9. The Balaban J connectivity index is 1.72. The first kappa shape index (κ1) is 27.0. The second-order valence-electron chi connectivity index (χ2n) is 9.05. The highest BCUT2D eigenvalue weighted by molar-refractivity contribution is 5.84. The van der Waals surface area contributed by atoms with Crippen molar-refractivity contribution in [2.45, 2.75) is 59.0 Å². The summed E-state index contributed by atoms with van der Waals surface area (Å²) < 4.78 is 47.2. The number of anilines is 1. The highest BCUT2D eigenvalue weighted by atomic mass is 19.4. The van der Waals surface area contributed by atoms with Crippen molar-refractivity contribution >= 4 is 11.6 Å². The lowest BCUT2D eigenvalue weighted by molar-refractivity contribution is -0.274. The van der Waals surface area contributed by atoms with E-state index in [4.69, 9.17) is 4.74 Å². The number of nitrogens with zero attached hydrogens (tertiary/aromatic N) is 2. The van der Waals surface area contributed by atoms with Crippen molar-refractivity contribution in [1.29, 1.82) is 0 Å². The first-order valence-corrected chi connectivity index (χ1v) is 11.8. The van der Waals surface area contributed by atoms with Gasteiger partial charge in [0.25, 0.3) is 0 Å². The van der Waals surface area contributed by atoms with E-state index in [2.05, 4.69) is 21.5 Å². The molecule has 1 aromatic heterocycles. The number of pyridine rings is 1. The predicted molar refractivity (Wildman–Crippen MR) is 133 cm³/mol. The quantitative estimate of drug-likeness (QED) is 0.299. The maximum absolute atomic E-state index is 12.5. The summed E-state index contributed by atoms with van der Waals surface area (Å²) in [6, 6.07) is 17.5. The van der Waals surface area contributed by atoms with E-state index in [1.807, 2.05) is 42.6 Å². The number of benzene rings is 2. The van der Waals surface area contributed by atoms with Crippen molar-refractivity contribution in [1.82, 2.24) is 4.98 Å². The third-order valence-electron chi connectivity index (χ3n) is 5.89. The van der Waals surface area contributed by atoms with Crippen LogP contribution in [0.25, 0.3) is 0 Å². The van der Waals surface area contributed by atoms with Gasteiger partial charge in [-0.05, 0) is 80.6 Å². The molecule has 0 fully saturated rings. The first-order valence-electron chi connectivity index (χ1n) is 11.8. The van der Waals surface area contributed by atoms with Crippen LogP contribution in [0, 0.1) is 0 Å². The monoisotopic (exact) mass is 500 g/mol. The molecule has 0 saturated carbocycles. The van der Waals surface area contributed by atoms with Crippen LogP contribution < -0.4 is 14.4 Å². The summed E-state index contributed by atoms with van der Waals surface area (Å²) in [5, 5.41) is 0. The minimum Gasteiger partial charge on any atom is -0.480 e. The van der Waals surface area contributed by atoms with E-state index >= 15 is 0 Å². The fraction of sp³-hybridized carbons (Fsp3) is 0.357.